The highest BCUT2D eigenvalue weighted by Crippen LogP contribution is 2.33. The third kappa shape index (κ3) is 3.01. The maximum atomic E-state index is 13.6. The third-order valence-corrected chi connectivity index (χ3v) is 2.83. The fraction of sp³-hybridized carbons (Fsp3) is 0.143. The van der Waals surface area contributed by atoms with E-state index in [-0.39, 0.29) is 17.1 Å². The number of aryl methyl sites for hydroxylation is 1. The maximum Gasteiger partial charge on any atom is 0.416 e. The minimum Gasteiger partial charge on any atom is -0.399 e. The molecule has 0 fully saturated rings. The van der Waals surface area contributed by atoms with Crippen molar-refractivity contribution in [3.8, 4) is 0 Å². The molecule has 2 nitrogen and oxygen atoms in total. The summed E-state index contributed by atoms with van der Waals surface area (Å²) < 4.78 is 51.6. The highest BCUT2D eigenvalue weighted by atomic mass is 19.4. The van der Waals surface area contributed by atoms with Crippen LogP contribution in [0, 0.1) is 12.7 Å². The van der Waals surface area contributed by atoms with Gasteiger partial charge in [-0.05, 0) is 42.8 Å². The number of alkyl halides is 3. The zero-order valence-electron chi connectivity index (χ0n) is 10.6. The minimum atomic E-state index is -4.44. The quantitative estimate of drug-likeness (QED) is 0.630. The van der Waals surface area contributed by atoms with Crippen molar-refractivity contribution in [2.45, 2.75) is 13.1 Å². The SMILES string of the molecule is Cc1ccc(C(F)(F)F)cc1Nc1ccc(N)cc1F. The molecule has 0 radical (unpaired) electrons. The molecule has 0 saturated heterocycles. The van der Waals surface area contributed by atoms with Crippen LogP contribution in [0.3, 0.4) is 0 Å². The van der Waals surface area contributed by atoms with Crippen LogP contribution in [-0.2, 0) is 6.18 Å². The molecule has 0 heterocycles. The van der Waals surface area contributed by atoms with Crippen molar-refractivity contribution in [2.24, 2.45) is 0 Å². The Kier molecular flexibility index (Phi) is 3.57. The van der Waals surface area contributed by atoms with Crippen LogP contribution in [0.15, 0.2) is 36.4 Å². The Hall–Kier alpha value is -2.24. The number of nitrogens with two attached hydrogens (primary N) is 1. The number of anilines is 3. The standard InChI is InChI=1S/C14H12F4N2/c1-8-2-3-9(14(16,17)18)6-13(8)20-12-5-4-10(19)7-11(12)15/h2-7,20H,19H2,1H3. The lowest BCUT2D eigenvalue weighted by Crippen LogP contribution is -2.06. The average Bonchev–Trinajstić information content (AvgIpc) is 2.33. The molecule has 0 bridgehead atoms. The zero-order valence-corrected chi connectivity index (χ0v) is 10.6. The fourth-order valence-corrected chi connectivity index (χ4v) is 1.71. The molecule has 6 heteroatoms. The molecule has 0 unspecified atom stereocenters. The van der Waals surface area contributed by atoms with Gasteiger partial charge in [0, 0.05) is 11.4 Å². The van der Waals surface area contributed by atoms with Gasteiger partial charge in [-0.1, -0.05) is 6.07 Å². The molecule has 0 aliphatic heterocycles. The number of nitrogens with one attached hydrogen (secondary N) is 1. The van der Waals surface area contributed by atoms with Crippen LogP contribution in [0.5, 0.6) is 0 Å². The number of benzene rings is 2. The Bertz CT molecular complexity index is 636. The Morgan fingerprint density at radius 2 is 1.70 bits per heavy atom. The smallest absolute Gasteiger partial charge is 0.399 e. The van der Waals surface area contributed by atoms with Gasteiger partial charge in [0.15, 0.2) is 0 Å². The lowest BCUT2D eigenvalue weighted by atomic mass is 10.1. The van der Waals surface area contributed by atoms with Gasteiger partial charge in [0.1, 0.15) is 5.82 Å². The van der Waals surface area contributed by atoms with Crippen molar-refractivity contribution in [2.75, 3.05) is 11.1 Å². The molecule has 0 aliphatic carbocycles. The van der Waals surface area contributed by atoms with Gasteiger partial charge in [-0.15, -0.1) is 0 Å². The lowest BCUT2D eigenvalue weighted by molar-refractivity contribution is -0.137. The second-order valence-electron chi connectivity index (χ2n) is 4.39. The van der Waals surface area contributed by atoms with Gasteiger partial charge < -0.3 is 11.1 Å². The molecule has 106 valence electrons. The minimum absolute atomic E-state index is 0.0709. The van der Waals surface area contributed by atoms with E-state index in [0.717, 1.165) is 18.2 Å². The van der Waals surface area contributed by atoms with Gasteiger partial charge in [-0.3, -0.25) is 0 Å². The van der Waals surface area contributed by atoms with E-state index in [1.165, 1.54) is 18.2 Å². The summed E-state index contributed by atoms with van der Waals surface area (Å²) >= 11 is 0. The van der Waals surface area contributed by atoms with Crippen molar-refractivity contribution in [3.63, 3.8) is 0 Å². The molecule has 2 rings (SSSR count). The monoisotopic (exact) mass is 284 g/mol. The summed E-state index contributed by atoms with van der Waals surface area (Å²) in [6.07, 6.45) is -4.44. The molecule has 2 aromatic rings. The zero-order chi connectivity index (χ0) is 14.9. The van der Waals surface area contributed by atoms with E-state index in [9.17, 15) is 17.6 Å². The summed E-state index contributed by atoms with van der Waals surface area (Å²) in [5.41, 5.74) is 5.72. The third-order valence-electron chi connectivity index (χ3n) is 2.83. The van der Waals surface area contributed by atoms with Gasteiger partial charge in [-0.2, -0.15) is 13.2 Å². The predicted octanol–water partition coefficient (Wildman–Crippen LogP) is 4.48. The van der Waals surface area contributed by atoms with Crippen molar-refractivity contribution in [1.82, 2.24) is 0 Å². The Morgan fingerprint density at radius 1 is 1.00 bits per heavy atom. The van der Waals surface area contributed by atoms with Crippen molar-refractivity contribution in [1.29, 1.82) is 0 Å². The van der Waals surface area contributed by atoms with Gasteiger partial charge in [0.25, 0.3) is 0 Å². The lowest BCUT2D eigenvalue weighted by Gasteiger charge is -2.14. The van der Waals surface area contributed by atoms with E-state index in [4.69, 9.17) is 5.73 Å². The molecule has 0 aromatic heterocycles. The summed E-state index contributed by atoms with van der Waals surface area (Å²) in [5.74, 6) is -0.623. The Labute approximate surface area is 113 Å². The van der Waals surface area contributed by atoms with E-state index in [0.29, 0.717) is 5.56 Å². The molecule has 0 amide bonds. The van der Waals surface area contributed by atoms with Crippen molar-refractivity contribution >= 4 is 17.1 Å². The molecule has 20 heavy (non-hydrogen) atoms. The number of hydrogen-bond donors (Lipinski definition) is 2. The molecular formula is C14H12F4N2. The Morgan fingerprint density at radius 3 is 2.30 bits per heavy atom. The van der Waals surface area contributed by atoms with Gasteiger partial charge in [-0.25, -0.2) is 4.39 Å². The van der Waals surface area contributed by atoms with E-state index in [1.54, 1.807) is 6.92 Å². The Balaban J connectivity index is 2.38. The summed E-state index contributed by atoms with van der Waals surface area (Å²) in [7, 11) is 0. The average molecular weight is 284 g/mol. The van der Waals surface area contributed by atoms with Crippen molar-refractivity contribution < 1.29 is 17.6 Å². The highest BCUT2D eigenvalue weighted by molar-refractivity contribution is 5.66. The first-order valence-corrected chi connectivity index (χ1v) is 5.77. The topological polar surface area (TPSA) is 38.0 Å². The first-order valence-electron chi connectivity index (χ1n) is 5.77. The van der Waals surface area contributed by atoms with Crippen LogP contribution in [-0.4, -0.2) is 0 Å². The van der Waals surface area contributed by atoms with Crippen LogP contribution in [0.1, 0.15) is 11.1 Å². The number of hydrogen-bond acceptors (Lipinski definition) is 2. The largest absolute Gasteiger partial charge is 0.416 e. The van der Waals surface area contributed by atoms with E-state index in [2.05, 4.69) is 5.32 Å². The number of nitrogen functional groups attached to an aromatic ring is 1. The van der Waals surface area contributed by atoms with Crippen LogP contribution in [0.25, 0.3) is 0 Å². The molecule has 2 aromatic carbocycles. The molecule has 0 saturated carbocycles. The number of halogens is 4. The van der Waals surface area contributed by atoms with Crippen molar-refractivity contribution in [3.05, 3.63) is 53.3 Å². The fourth-order valence-electron chi connectivity index (χ4n) is 1.71. The van der Waals surface area contributed by atoms with Crippen LogP contribution in [0.4, 0.5) is 34.6 Å². The molecule has 0 spiro atoms. The summed E-state index contributed by atoms with van der Waals surface area (Å²) in [6.45, 7) is 1.64. The normalized spacial score (nSPS) is 11.4. The second kappa shape index (κ2) is 5.03. The summed E-state index contributed by atoms with van der Waals surface area (Å²) in [4.78, 5) is 0. The highest BCUT2D eigenvalue weighted by Gasteiger charge is 2.30. The van der Waals surface area contributed by atoms with E-state index >= 15 is 0 Å². The van der Waals surface area contributed by atoms with Gasteiger partial charge >= 0.3 is 6.18 Å². The summed E-state index contributed by atoms with van der Waals surface area (Å²) in [5, 5.41) is 2.65. The molecule has 0 aliphatic rings. The first kappa shape index (κ1) is 14.2. The van der Waals surface area contributed by atoms with Gasteiger partial charge in [0.05, 0.1) is 11.3 Å². The molecular weight excluding hydrogens is 272 g/mol. The maximum absolute atomic E-state index is 13.6. The van der Waals surface area contributed by atoms with Crippen LogP contribution < -0.4 is 11.1 Å². The predicted molar refractivity (Wildman–Crippen MR) is 70.3 cm³/mol. The number of rotatable bonds is 2. The van der Waals surface area contributed by atoms with Crippen LogP contribution in [0.2, 0.25) is 0 Å². The van der Waals surface area contributed by atoms with Gasteiger partial charge in [0.2, 0.25) is 0 Å². The molecule has 0 atom stereocenters. The summed E-state index contributed by atoms with van der Waals surface area (Å²) in [6, 6.07) is 7.22. The molecule has 3 N–H and O–H groups in total. The van der Waals surface area contributed by atoms with E-state index in [1.807, 2.05) is 0 Å². The van der Waals surface area contributed by atoms with E-state index < -0.39 is 17.6 Å². The second-order valence-corrected chi connectivity index (χ2v) is 4.39. The first-order chi connectivity index (χ1) is 9.27. The van der Waals surface area contributed by atoms with Crippen LogP contribution >= 0.6 is 0 Å².